The molecule has 0 fully saturated rings. The quantitative estimate of drug-likeness (QED) is 0.663. The van der Waals surface area contributed by atoms with Gasteiger partial charge in [-0.2, -0.15) is 4.31 Å². The molecular weight excluding hydrogens is 348 g/mol. The molecule has 0 aliphatic carbocycles. The second-order valence-electron chi connectivity index (χ2n) is 5.08. The Labute approximate surface area is 145 Å². The standard InChI is InChI=1S/C15H18N4O5S/c1-19(25(22,23)13-5-2-6-16-9-13)11-15(21)18-10-14(20)17-8-12-4-3-7-24-12/h2-7,9H,8,10-11H2,1H3,(H,17,20)(H,18,21). The Morgan fingerprint density at radius 3 is 2.64 bits per heavy atom. The molecule has 25 heavy (non-hydrogen) atoms. The molecule has 134 valence electrons. The van der Waals surface area contributed by atoms with Gasteiger partial charge >= 0.3 is 0 Å². The summed E-state index contributed by atoms with van der Waals surface area (Å²) in [4.78, 5) is 27.2. The first-order valence-electron chi connectivity index (χ1n) is 7.32. The van der Waals surface area contributed by atoms with Crippen molar-refractivity contribution in [2.75, 3.05) is 20.1 Å². The summed E-state index contributed by atoms with van der Waals surface area (Å²) < 4.78 is 30.5. The zero-order valence-electron chi connectivity index (χ0n) is 13.5. The van der Waals surface area contributed by atoms with Crippen molar-refractivity contribution in [3.8, 4) is 0 Å². The van der Waals surface area contributed by atoms with Gasteiger partial charge in [0.15, 0.2) is 0 Å². The monoisotopic (exact) mass is 366 g/mol. The fraction of sp³-hybridized carbons (Fsp3) is 0.267. The summed E-state index contributed by atoms with van der Waals surface area (Å²) in [6.45, 7) is -0.472. The van der Waals surface area contributed by atoms with E-state index in [1.165, 1.54) is 37.8 Å². The average molecular weight is 366 g/mol. The number of nitrogens with one attached hydrogen (secondary N) is 2. The SMILES string of the molecule is CN(CC(=O)NCC(=O)NCc1ccco1)S(=O)(=O)c1cccnc1. The Bertz CT molecular complexity index is 806. The first-order chi connectivity index (χ1) is 11.9. The van der Waals surface area contributed by atoms with Crippen molar-refractivity contribution < 1.29 is 22.4 Å². The van der Waals surface area contributed by atoms with Crippen molar-refractivity contribution in [1.29, 1.82) is 0 Å². The zero-order valence-corrected chi connectivity index (χ0v) is 14.3. The van der Waals surface area contributed by atoms with Crippen LogP contribution in [0.2, 0.25) is 0 Å². The van der Waals surface area contributed by atoms with Crippen molar-refractivity contribution in [2.45, 2.75) is 11.4 Å². The van der Waals surface area contributed by atoms with Gasteiger partial charge in [0.05, 0.1) is 25.9 Å². The van der Waals surface area contributed by atoms with Crippen LogP contribution in [0, 0.1) is 0 Å². The molecule has 0 atom stereocenters. The van der Waals surface area contributed by atoms with E-state index in [2.05, 4.69) is 15.6 Å². The number of carbonyl (C=O) groups excluding carboxylic acids is 2. The highest BCUT2D eigenvalue weighted by Gasteiger charge is 2.23. The third-order valence-electron chi connectivity index (χ3n) is 3.19. The third-order valence-corrected chi connectivity index (χ3v) is 4.98. The number of nitrogens with zero attached hydrogens (tertiary/aromatic N) is 2. The van der Waals surface area contributed by atoms with Crippen molar-refractivity contribution in [1.82, 2.24) is 19.9 Å². The molecule has 2 N–H and O–H groups in total. The van der Waals surface area contributed by atoms with E-state index in [-0.39, 0.29) is 18.0 Å². The molecule has 2 aromatic heterocycles. The van der Waals surface area contributed by atoms with E-state index in [0.29, 0.717) is 5.76 Å². The Hall–Kier alpha value is -2.72. The lowest BCUT2D eigenvalue weighted by molar-refractivity contribution is -0.126. The molecule has 0 unspecified atom stereocenters. The number of aromatic nitrogens is 1. The number of sulfonamides is 1. The van der Waals surface area contributed by atoms with Crippen LogP contribution in [-0.2, 0) is 26.2 Å². The van der Waals surface area contributed by atoms with Crippen LogP contribution in [0.5, 0.6) is 0 Å². The summed E-state index contributed by atoms with van der Waals surface area (Å²) in [7, 11) is -2.54. The van der Waals surface area contributed by atoms with Gasteiger partial charge in [-0.05, 0) is 24.3 Å². The fourth-order valence-electron chi connectivity index (χ4n) is 1.86. The lowest BCUT2D eigenvalue weighted by atomic mass is 10.4. The minimum absolute atomic E-state index is 0.0125. The zero-order chi connectivity index (χ0) is 18.3. The van der Waals surface area contributed by atoms with Gasteiger partial charge in [-0.15, -0.1) is 0 Å². The van der Waals surface area contributed by atoms with Gasteiger partial charge in [0.2, 0.25) is 21.8 Å². The number of hydrogen-bond acceptors (Lipinski definition) is 6. The number of pyridine rings is 1. The highest BCUT2D eigenvalue weighted by Crippen LogP contribution is 2.11. The highest BCUT2D eigenvalue weighted by molar-refractivity contribution is 7.89. The summed E-state index contributed by atoms with van der Waals surface area (Å²) >= 11 is 0. The Kier molecular flexibility index (Phi) is 6.25. The minimum atomic E-state index is -3.82. The van der Waals surface area contributed by atoms with E-state index in [0.717, 1.165) is 4.31 Å². The van der Waals surface area contributed by atoms with Crippen molar-refractivity contribution >= 4 is 21.8 Å². The summed E-state index contributed by atoms with van der Waals surface area (Å²) in [5, 5.41) is 4.93. The molecule has 2 aromatic rings. The van der Waals surface area contributed by atoms with E-state index >= 15 is 0 Å². The van der Waals surface area contributed by atoms with Gasteiger partial charge in [0.1, 0.15) is 10.7 Å². The molecular formula is C15H18N4O5S. The molecule has 0 bridgehead atoms. The largest absolute Gasteiger partial charge is 0.467 e. The molecule has 0 aliphatic rings. The number of rotatable bonds is 8. The van der Waals surface area contributed by atoms with E-state index in [9.17, 15) is 18.0 Å². The predicted molar refractivity (Wildman–Crippen MR) is 87.6 cm³/mol. The first kappa shape index (κ1) is 18.6. The third kappa shape index (κ3) is 5.40. The lowest BCUT2D eigenvalue weighted by Gasteiger charge is -2.16. The van der Waals surface area contributed by atoms with Crippen LogP contribution < -0.4 is 10.6 Å². The van der Waals surface area contributed by atoms with Crippen LogP contribution >= 0.6 is 0 Å². The van der Waals surface area contributed by atoms with Crippen LogP contribution in [-0.4, -0.2) is 49.7 Å². The van der Waals surface area contributed by atoms with Gasteiger partial charge in [0.25, 0.3) is 0 Å². The summed E-state index contributed by atoms with van der Waals surface area (Å²) in [5.74, 6) is -0.424. The molecule has 2 heterocycles. The van der Waals surface area contributed by atoms with Gasteiger partial charge in [-0.3, -0.25) is 14.6 Å². The van der Waals surface area contributed by atoms with Crippen LogP contribution in [0.25, 0.3) is 0 Å². The molecule has 0 aromatic carbocycles. The normalized spacial score (nSPS) is 11.3. The van der Waals surface area contributed by atoms with Crippen molar-refractivity contribution in [3.63, 3.8) is 0 Å². The number of furan rings is 1. The summed E-state index contributed by atoms with van der Waals surface area (Å²) in [6.07, 6.45) is 4.14. The van der Waals surface area contributed by atoms with E-state index in [1.54, 1.807) is 12.1 Å². The van der Waals surface area contributed by atoms with Crippen LogP contribution in [0.4, 0.5) is 0 Å². The molecule has 0 spiro atoms. The van der Waals surface area contributed by atoms with Crippen LogP contribution in [0.15, 0.2) is 52.2 Å². The number of likely N-dealkylation sites (N-methyl/N-ethyl adjacent to an activating group) is 1. The molecule has 0 saturated carbocycles. The van der Waals surface area contributed by atoms with Crippen molar-refractivity contribution in [3.05, 3.63) is 48.7 Å². The number of hydrogen-bond donors (Lipinski definition) is 2. The lowest BCUT2D eigenvalue weighted by Crippen LogP contribution is -2.42. The fourth-order valence-corrected chi connectivity index (χ4v) is 2.95. The molecule has 2 rings (SSSR count). The second-order valence-corrected chi connectivity index (χ2v) is 7.13. The Balaban J connectivity index is 1.78. The number of amides is 2. The van der Waals surface area contributed by atoms with E-state index < -0.39 is 28.4 Å². The van der Waals surface area contributed by atoms with Gasteiger partial charge in [0, 0.05) is 19.4 Å². The molecule has 9 nitrogen and oxygen atoms in total. The first-order valence-corrected chi connectivity index (χ1v) is 8.76. The molecule has 0 radical (unpaired) electrons. The summed E-state index contributed by atoms with van der Waals surface area (Å²) in [6, 6.07) is 6.28. The maximum absolute atomic E-state index is 12.3. The topological polar surface area (TPSA) is 122 Å². The van der Waals surface area contributed by atoms with Gasteiger partial charge in [-0.25, -0.2) is 8.42 Å². The smallest absolute Gasteiger partial charge is 0.244 e. The Morgan fingerprint density at radius 1 is 1.20 bits per heavy atom. The molecule has 10 heteroatoms. The van der Waals surface area contributed by atoms with Crippen molar-refractivity contribution in [2.24, 2.45) is 0 Å². The number of carbonyl (C=O) groups is 2. The molecule has 0 saturated heterocycles. The van der Waals surface area contributed by atoms with Crippen LogP contribution in [0.3, 0.4) is 0 Å². The molecule has 2 amide bonds. The highest BCUT2D eigenvalue weighted by atomic mass is 32.2. The Morgan fingerprint density at radius 2 is 2.00 bits per heavy atom. The van der Waals surface area contributed by atoms with Gasteiger partial charge < -0.3 is 15.1 Å². The maximum atomic E-state index is 12.3. The second kappa shape index (κ2) is 8.40. The maximum Gasteiger partial charge on any atom is 0.244 e. The minimum Gasteiger partial charge on any atom is -0.467 e. The van der Waals surface area contributed by atoms with E-state index in [4.69, 9.17) is 4.42 Å². The predicted octanol–water partition coefficient (Wildman–Crippen LogP) is -0.272. The molecule has 0 aliphatic heterocycles. The van der Waals surface area contributed by atoms with E-state index in [1.807, 2.05) is 0 Å². The summed E-state index contributed by atoms with van der Waals surface area (Å²) in [5.41, 5.74) is 0. The van der Waals surface area contributed by atoms with Gasteiger partial charge in [-0.1, -0.05) is 0 Å². The van der Waals surface area contributed by atoms with Crippen LogP contribution in [0.1, 0.15) is 5.76 Å². The average Bonchev–Trinajstić information content (AvgIpc) is 3.12.